The number of aromatic nitrogens is 2. The van der Waals surface area contributed by atoms with Gasteiger partial charge in [0, 0.05) is 55.3 Å². The molecule has 7 heteroatoms. The van der Waals surface area contributed by atoms with Gasteiger partial charge in [0.1, 0.15) is 5.84 Å². The number of anilines is 1. The molecule has 0 aliphatic carbocycles. The normalized spacial score (nSPS) is 17.5. The molecule has 0 bridgehead atoms. The van der Waals surface area contributed by atoms with Gasteiger partial charge in [-0.2, -0.15) is 0 Å². The Labute approximate surface area is 193 Å². The van der Waals surface area contributed by atoms with Crippen molar-refractivity contribution in [3.8, 4) is 0 Å². The summed E-state index contributed by atoms with van der Waals surface area (Å²) in [4.78, 5) is 29.7. The Hall–Kier alpha value is -3.61. The number of para-hydroxylation sites is 1. The minimum absolute atomic E-state index is 0.0977. The van der Waals surface area contributed by atoms with Crippen LogP contribution in [0.5, 0.6) is 0 Å². The molecule has 33 heavy (non-hydrogen) atoms. The summed E-state index contributed by atoms with van der Waals surface area (Å²) in [6.07, 6.45) is 6.33. The summed E-state index contributed by atoms with van der Waals surface area (Å²) >= 11 is 0. The number of carbonyl (C=O) groups is 1. The van der Waals surface area contributed by atoms with Crippen molar-refractivity contribution >= 4 is 33.9 Å². The van der Waals surface area contributed by atoms with Crippen molar-refractivity contribution in [3.05, 3.63) is 72.4 Å². The second-order valence-electron chi connectivity index (χ2n) is 8.24. The Morgan fingerprint density at radius 1 is 1.24 bits per heavy atom. The average Bonchev–Trinajstić information content (AvgIpc) is 2.83. The number of hydrogen-bond donors (Lipinski definition) is 0. The molecule has 1 aliphatic rings. The summed E-state index contributed by atoms with van der Waals surface area (Å²) in [5.41, 5.74) is 2.69. The van der Waals surface area contributed by atoms with Crippen LogP contribution in [0.4, 0.5) is 10.1 Å². The molecule has 3 heterocycles. The Balaban J connectivity index is 1.55. The highest BCUT2D eigenvalue weighted by Crippen LogP contribution is 2.24. The van der Waals surface area contributed by atoms with Crippen LogP contribution in [0.2, 0.25) is 0 Å². The van der Waals surface area contributed by atoms with Crippen LogP contribution in [-0.4, -0.2) is 52.2 Å². The van der Waals surface area contributed by atoms with Crippen LogP contribution in [0, 0.1) is 5.82 Å². The van der Waals surface area contributed by atoms with E-state index >= 15 is 0 Å². The maximum Gasteiger partial charge on any atom is 0.157 e. The summed E-state index contributed by atoms with van der Waals surface area (Å²) in [5, 5.41) is 1.12. The standard InChI is InChI=1S/C26H28FN5O/c1-4-22(33)14-26(23-9-10-28-16-24(23)27)30-19(3)32-12-11-31(17-18(32)2)21-13-20-7-5-6-8-25(20)29-15-21/h5-10,13-16,18H,4,11-12,17H2,1-3H3/b26-14-,30-19+/t18-/m1/s1. The fraction of sp³-hybridized carbons (Fsp3) is 0.308. The summed E-state index contributed by atoms with van der Waals surface area (Å²) in [6.45, 7) is 8.22. The molecule has 0 radical (unpaired) electrons. The van der Waals surface area contributed by atoms with E-state index in [1.807, 2.05) is 31.3 Å². The molecular formula is C26H28FN5O. The topological polar surface area (TPSA) is 61.7 Å². The third-order valence-corrected chi connectivity index (χ3v) is 5.96. The zero-order valence-electron chi connectivity index (χ0n) is 19.2. The molecule has 1 atom stereocenters. The van der Waals surface area contributed by atoms with Gasteiger partial charge < -0.3 is 9.80 Å². The maximum absolute atomic E-state index is 14.4. The number of pyridine rings is 2. The van der Waals surface area contributed by atoms with E-state index in [2.05, 4.69) is 38.8 Å². The Bertz CT molecular complexity index is 1220. The number of ketones is 1. The quantitative estimate of drug-likeness (QED) is 0.323. The first-order valence-electron chi connectivity index (χ1n) is 11.2. The van der Waals surface area contributed by atoms with Crippen molar-refractivity contribution in [2.24, 2.45) is 4.99 Å². The molecule has 3 aromatic rings. The van der Waals surface area contributed by atoms with Crippen LogP contribution in [0.15, 0.2) is 66.1 Å². The molecule has 6 nitrogen and oxygen atoms in total. The van der Waals surface area contributed by atoms with E-state index in [9.17, 15) is 9.18 Å². The van der Waals surface area contributed by atoms with Gasteiger partial charge in [0.15, 0.2) is 11.6 Å². The molecule has 1 fully saturated rings. The number of amidine groups is 1. The molecule has 0 amide bonds. The van der Waals surface area contributed by atoms with Crippen LogP contribution in [-0.2, 0) is 4.79 Å². The predicted molar refractivity (Wildman–Crippen MR) is 131 cm³/mol. The van der Waals surface area contributed by atoms with Crippen molar-refractivity contribution in [1.29, 1.82) is 0 Å². The Kier molecular flexibility index (Phi) is 6.77. The lowest BCUT2D eigenvalue weighted by atomic mass is 10.1. The summed E-state index contributed by atoms with van der Waals surface area (Å²) < 4.78 is 14.4. The molecule has 0 unspecified atom stereocenters. The summed E-state index contributed by atoms with van der Waals surface area (Å²) in [7, 11) is 0. The molecule has 0 saturated carbocycles. The van der Waals surface area contributed by atoms with Crippen LogP contribution < -0.4 is 4.90 Å². The van der Waals surface area contributed by atoms with Crippen molar-refractivity contribution in [1.82, 2.24) is 14.9 Å². The number of carbonyl (C=O) groups excluding carboxylic acids is 1. The van der Waals surface area contributed by atoms with Crippen LogP contribution in [0.3, 0.4) is 0 Å². The van der Waals surface area contributed by atoms with Gasteiger partial charge in [0.2, 0.25) is 0 Å². The SMILES string of the molecule is CCC(=O)/C=C(\N=C(/C)N1CCN(c2cnc3ccccc3c2)C[C@H]1C)c1ccncc1F. The zero-order valence-corrected chi connectivity index (χ0v) is 19.2. The van der Waals surface area contributed by atoms with Gasteiger partial charge in [-0.25, -0.2) is 9.38 Å². The molecule has 0 spiro atoms. The van der Waals surface area contributed by atoms with E-state index < -0.39 is 5.82 Å². The maximum atomic E-state index is 14.4. The first-order chi connectivity index (χ1) is 16.0. The number of nitrogens with zero attached hydrogens (tertiary/aromatic N) is 5. The number of aliphatic imine (C=N–C) groups is 1. The number of allylic oxidation sites excluding steroid dienone is 1. The summed E-state index contributed by atoms with van der Waals surface area (Å²) in [6, 6.07) is 12.0. The largest absolute Gasteiger partial charge is 0.366 e. The van der Waals surface area contributed by atoms with E-state index in [1.165, 1.54) is 12.3 Å². The van der Waals surface area contributed by atoms with Gasteiger partial charge in [-0.15, -0.1) is 0 Å². The number of hydrogen-bond acceptors (Lipinski definition) is 5. The molecule has 1 aliphatic heterocycles. The third kappa shape index (κ3) is 5.08. The highest BCUT2D eigenvalue weighted by Gasteiger charge is 2.25. The predicted octanol–water partition coefficient (Wildman–Crippen LogP) is 4.72. The fourth-order valence-electron chi connectivity index (χ4n) is 4.15. The van der Waals surface area contributed by atoms with Crippen LogP contribution in [0.25, 0.3) is 16.6 Å². The highest BCUT2D eigenvalue weighted by atomic mass is 19.1. The minimum atomic E-state index is -0.495. The smallest absolute Gasteiger partial charge is 0.157 e. The number of halogens is 1. The van der Waals surface area contributed by atoms with Gasteiger partial charge in [-0.1, -0.05) is 25.1 Å². The van der Waals surface area contributed by atoms with Crippen LogP contribution >= 0.6 is 0 Å². The highest BCUT2D eigenvalue weighted by molar-refractivity contribution is 5.98. The van der Waals surface area contributed by atoms with Crippen molar-refractivity contribution in [2.45, 2.75) is 33.2 Å². The fourth-order valence-corrected chi connectivity index (χ4v) is 4.15. The van der Waals surface area contributed by atoms with E-state index in [-0.39, 0.29) is 17.4 Å². The molecule has 1 saturated heterocycles. The lowest BCUT2D eigenvalue weighted by molar-refractivity contribution is -0.114. The van der Waals surface area contributed by atoms with Gasteiger partial charge in [-0.05, 0) is 32.0 Å². The Morgan fingerprint density at radius 2 is 2.06 bits per heavy atom. The van der Waals surface area contributed by atoms with Gasteiger partial charge in [0.25, 0.3) is 0 Å². The first kappa shape index (κ1) is 22.6. The first-order valence-corrected chi connectivity index (χ1v) is 11.2. The number of fused-ring (bicyclic) bond motifs is 1. The van der Waals surface area contributed by atoms with Crippen molar-refractivity contribution in [2.75, 3.05) is 24.5 Å². The number of rotatable bonds is 5. The lowest BCUT2D eigenvalue weighted by Crippen LogP contribution is -2.53. The van der Waals surface area contributed by atoms with Gasteiger partial charge in [-0.3, -0.25) is 14.8 Å². The van der Waals surface area contributed by atoms with E-state index in [0.29, 0.717) is 12.1 Å². The molecule has 2 aromatic heterocycles. The molecular weight excluding hydrogens is 417 g/mol. The second kappa shape index (κ2) is 9.90. The van der Waals surface area contributed by atoms with E-state index in [4.69, 9.17) is 4.99 Å². The molecule has 170 valence electrons. The number of piperazine rings is 1. The van der Waals surface area contributed by atoms with Gasteiger partial charge in [0.05, 0.1) is 29.3 Å². The van der Waals surface area contributed by atoms with E-state index in [1.54, 1.807) is 13.0 Å². The summed E-state index contributed by atoms with van der Waals surface area (Å²) in [5.74, 6) is 0.162. The van der Waals surface area contributed by atoms with Gasteiger partial charge >= 0.3 is 0 Å². The third-order valence-electron chi connectivity index (χ3n) is 5.96. The molecule has 1 aromatic carbocycles. The van der Waals surface area contributed by atoms with Crippen molar-refractivity contribution in [3.63, 3.8) is 0 Å². The molecule has 0 N–H and O–H groups in total. The van der Waals surface area contributed by atoms with Crippen molar-refractivity contribution < 1.29 is 9.18 Å². The Morgan fingerprint density at radius 3 is 2.82 bits per heavy atom. The number of benzene rings is 1. The molecule has 4 rings (SSSR count). The zero-order chi connectivity index (χ0) is 23.4. The monoisotopic (exact) mass is 445 g/mol. The van der Waals surface area contributed by atoms with Crippen LogP contribution in [0.1, 0.15) is 32.8 Å². The minimum Gasteiger partial charge on any atom is -0.366 e. The second-order valence-corrected chi connectivity index (χ2v) is 8.24. The average molecular weight is 446 g/mol. The van der Waals surface area contributed by atoms with E-state index in [0.717, 1.165) is 48.3 Å². The lowest BCUT2D eigenvalue weighted by Gasteiger charge is -2.42.